The maximum atomic E-state index is 12.0. The number of ether oxygens (including phenoxy) is 3. The SMILES string of the molecule is CC(C)(C)NC(=O)NC(=O)COC(=O)c1cc(Cl)c2c(c1)OCCO2. The Labute approximate surface area is 149 Å². The van der Waals surface area contributed by atoms with Gasteiger partial charge in [0, 0.05) is 5.54 Å². The Balaban J connectivity index is 1.91. The van der Waals surface area contributed by atoms with Crippen LogP contribution in [0.25, 0.3) is 0 Å². The summed E-state index contributed by atoms with van der Waals surface area (Å²) in [5, 5.41) is 4.83. The van der Waals surface area contributed by atoms with Gasteiger partial charge in [-0.3, -0.25) is 10.1 Å². The van der Waals surface area contributed by atoms with Crippen molar-refractivity contribution in [2.24, 2.45) is 0 Å². The van der Waals surface area contributed by atoms with Crippen LogP contribution in [0.1, 0.15) is 31.1 Å². The molecule has 136 valence electrons. The Kier molecular flexibility index (Phi) is 5.73. The summed E-state index contributed by atoms with van der Waals surface area (Å²) in [7, 11) is 0. The fourth-order valence-electron chi connectivity index (χ4n) is 1.98. The number of amides is 3. The molecule has 3 amide bonds. The first kappa shape index (κ1) is 18.9. The second-order valence-corrected chi connectivity index (χ2v) is 6.72. The van der Waals surface area contributed by atoms with Crippen molar-refractivity contribution in [3.8, 4) is 11.5 Å². The number of esters is 1. The summed E-state index contributed by atoms with van der Waals surface area (Å²) in [5.74, 6) is -0.829. The number of carbonyl (C=O) groups excluding carboxylic acids is 3. The molecule has 2 N–H and O–H groups in total. The lowest BCUT2D eigenvalue weighted by molar-refractivity contribution is -0.123. The number of hydrogen-bond acceptors (Lipinski definition) is 6. The Hall–Kier alpha value is -2.48. The Morgan fingerprint density at radius 3 is 2.56 bits per heavy atom. The van der Waals surface area contributed by atoms with E-state index in [9.17, 15) is 14.4 Å². The summed E-state index contributed by atoms with van der Waals surface area (Å²) in [5.41, 5.74) is -0.385. The van der Waals surface area contributed by atoms with E-state index in [-0.39, 0.29) is 10.6 Å². The molecule has 25 heavy (non-hydrogen) atoms. The van der Waals surface area contributed by atoms with E-state index in [0.29, 0.717) is 24.7 Å². The van der Waals surface area contributed by atoms with Crippen LogP contribution in [0.15, 0.2) is 12.1 Å². The number of halogens is 1. The van der Waals surface area contributed by atoms with Crippen molar-refractivity contribution in [2.45, 2.75) is 26.3 Å². The minimum atomic E-state index is -0.773. The highest BCUT2D eigenvalue weighted by molar-refractivity contribution is 6.32. The van der Waals surface area contributed by atoms with E-state index < -0.39 is 30.1 Å². The van der Waals surface area contributed by atoms with Gasteiger partial charge in [-0.15, -0.1) is 0 Å². The fraction of sp³-hybridized carbons (Fsp3) is 0.438. The molecule has 0 saturated heterocycles. The van der Waals surface area contributed by atoms with Gasteiger partial charge in [0.2, 0.25) is 0 Å². The number of fused-ring (bicyclic) bond motifs is 1. The molecule has 0 aromatic heterocycles. The predicted octanol–water partition coefficient (Wildman–Crippen LogP) is 1.89. The van der Waals surface area contributed by atoms with Gasteiger partial charge in [0.25, 0.3) is 5.91 Å². The molecule has 1 aromatic rings. The molecule has 1 aliphatic rings. The van der Waals surface area contributed by atoms with E-state index in [0.717, 1.165) is 0 Å². The third-order valence-corrected chi connectivity index (χ3v) is 3.19. The summed E-state index contributed by atoms with van der Waals surface area (Å²) in [6.07, 6.45) is 0. The van der Waals surface area contributed by atoms with E-state index in [1.165, 1.54) is 12.1 Å². The largest absolute Gasteiger partial charge is 0.486 e. The molecular weight excluding hydrogens is 352 g/mol. The van der Waals surface area contributed by atoms with Gasteiger partial charge < -0.3 is 19.5 Å². The first-order valence-corrected chi connectivity index (χ1v) is 7.92. The summed E-state index contributed by atoms with van der Waals surface area (Å²) in [6, 6.07) is 2.12. The van der Waals surface area contributed by atoms with Gasteiger partial charge in [0.1, 0.15) is 13.2 Å². The fourth-order valence-corrected chi connectivity index (χ4v) is 2.24. The standard InChI is InChI=1S/C16H19ClN2O6/c1-16(2,3)19-15(22)18-12(20)8-25-14(21)9-6-10(17)13-11(7-9)23-4-5-24-13/h6-7H,4-5,8H2,1-3H3,(H2,18,19,20,22). The monoisotopic (exact) mass is 370 g/mol. The topological polar surface area (TPSA) is 103 Å². The van der Waals surface area contributed by atoms with Gasteiger partial charge in [-0.05, 0) is 32.9 Å². The zero-order valence-electron chi connectivity index (χ0n) is 14.1. The Morgan fingerprint density at radius 1 is 1.20 bits per heavy atom. The van der Waals surface area contributed by atoms with Crippen LogP contribution in [-0.4, -0.2) is 43.3 Å². The summed E-state index contributed by atoms with van der Waals surface area (Å²) in [4.78, 5) is 35.3. The van der Waals surface area contributed by atoms with Gasteiger partial charge in [0.05, 0.1) is 10.6 Å². The summed E-state index contributed by atoms with van der Waals surface area (Å²) >= 11 is 6.04. The average Bonchev–Trinajstić information content (AvgIpc) is 2.50. The first-order valence-electron chi connectivity index (χ1n) is 7.54. The second-order valence-electron chi connectivity index (χ2n) is 6.31. The molecule has 0 unspecified atom stereocenters. The van der Waals surface area contributed by atoms with E-state index in [2.05, 4.69) is 10.6 Å². The van der Waals surface area contributed by atoms with E-state index in [1.807, 2.05) is 0 Å². The predicted molar refractivity (Wildman–Crippen MR) is 89.2 cm³/mol. The molecular formula is C16H19ClN2O6. The third kappa shape index (κ3) is 5.53. The smallest absolute Gasteiger partial charge is 0.338 e. The van der Waals surface area contributed by atoms with Crippen molar-refractivity contribution in [3.63, 3.8) is 0 Å². The molecule has 0 spiro atoms. The Morgan fingerprint density at radius 2 is 1.88 bits per heavy atom. The van der Waals surface area contributed by atoms with Gasteiger partial charge in [-0.25, -0.2) is 9.59 Å². The highest BCUT2D eigenvalue weighted by Gasteiger charge is 2.21. The lowest BCUT2D eigenvalue weighted by Gasteiger charge is -2.20. The number of imide groups is 1. The van der Waals surface area contributed by atoms with Crippen LogP contribution in [0.4, 0.5) is 4.79 Å². The third-order valence-electron chi connectivity index (χ3n) is 2.91. The van der Waals surface area contributed by atoms with Gasteiger partial charge in [0.15, 0.2) is 18.1 Å². The van der Waals surface area contributed by atoms with E-state index in [1.54, 1.807) is 20.8 Å². The van der Waals surface area contributed by atoms with Gasteiger partial charge >= 0.3 is 12.0 Å². The van der Waals surface area contributed by atoms with Crippen LogP contribution in [-0.2, 0) is 9.53 Å². The maximum absolute atomic E-state index is 12.0. The molecule has 1 aliphatic heterocycles. The minimum Gasteiger partial charge on any atom is -0.486 e. The van der Waals surface area contributed by atoms with Crippen LogP contribution in [0.3, 0.4) is 0 Å². The van der Waals surface area contributed by atoms with Crippen molar-refractivity contribution >= 4 is 29.5 Å². The van der Waals surface area contributed by atoms with E-state index >= 15 is 0 Å². The normalized spacial score (nSPS) is 13.0. The average molecular weight is 371 g/mol. The molecule has 8 nitrogen and oxygen atoms in total. The van der Waals surface area contributed by atoms with Gasteiger partial charge in [-0.2, -0.15) is 0 Å². The van der Waals surface area contributed by atoms with Crippen molar-refractivity contribution < 1.29 is 28.6 Å². The van der Waals surface area contributed by atoms with Crippen LogP contribution < -0.4 is 20.1 Å². The minimum absolute atomic E-state index is 0.112. The maximum Gasteiger partial charge on any atom is 0.338 e. The number of hydrogen-bond donors (Lipinski definition) is 2. The molecule has 1 heterocycles. The van der Waals surface area contributed by atoms with Crippen molar-refractivity contribution in [2.75, 3.05) is 19.8 Å². The quantitative estimate of drug-likeness (QED) is 0.787. The van der Waals surface area contributed by atoms with Crippen LogP contribution in [0, 0.1) is 0 Å². The first-order chi connectivity index (χ1) is 11.7. The molecule has 0 fully saturated rings. The van der Waals surface area contributed by atoms with Crippen molar-refractivity contribution in [1.29, 1.82) is 0 Å². The number of rotatable bonds is 3. The molecule has 1 aromatic carbocycles. The molecule has 0 radical (unpaired) electrons. The second kappa shape index (κ2) is 7.60. The molecule has 9 heteroatoms. The van der Waals surface area contributed by atoms with Crippen LogP contribution in [0.2, 0.25) is 5.02 Å². The highest BCUT2D eigenvalue weighted by atomic mass is 35.5. The Bertz CT molecular complexity index is 699. The summed E-state index contributed by atoms with van der Waals surface area (Å²) < 4.78 is 15.6. The van der Waals surface area contributed by atoms with Crippen molar-refractivity contribution in [3.05, 3.63) is 22.7 Å². The van der Waals surface area contributed by atoms with E-state index in [4.69, 9.17) is 25.8 Å². The van der Waals surface area contributed by atoms with Crippen molar-refractivity contribution in [1.82, 2.24) is 10.6 Å². The number of urea groups is 1. The zero-order valence-corrected chi connectivity index (χ0v) is 14.9. The lowest BCUT2D eigenvalue weighted by atomic mass is 10.1. The lowest BCUT2D eigenvalue weighted by Crippen LogP contribution is -2.49. The number of nitrogens with one attached hydrogen (secondary N) is 2. The molecule has 0 atom stereocenters. The molecule has 0 bridgehead atoms. The van der Waals surface area contributed by atoms with Gasteiger partial charge in [-0.1, -0.05) is 11.6 Å². The van der Waals surface area contributed by atoms with Crippen LogP contribution in [0.5, 0.6) is 11.5 Å². The number of carbonyl (C=O) groups is 3. The molecule has 0 saturated carbocycles. The zero-order chi connectivity index (χ0) is 18.6. The molecule has 2 rings (SSSR count). The van der Waals surface area contributed by atoms with Crippen LogP contribution >= 0.6 is 11.6 Å². The number of benzene rings is 1. The highest BCUT2D eigenvalue weighted by Crippen LogP contribution is 2.38. The summed E-state index contributed by atoms with van der Waals surface area (Å²) in [6.45, 7) is 5.40. The molecule has 0 aliphatic carbocycles.